The van der Waals surface area contributed by atoms with E-state index in [0.29, 0.717) is 6.42 Å². The van der Waals surface area contributed by atoms with Gasteiger partial charge in [-0.3, -0.25) is 5.32 Å². The number of carbonyl (C=O) groups excluding carboxylic acids is 2. The van der Waals surface area contributed by atoms with Gasteiger partial charge in [0.15, 0.2) is 0 Å². The highest BCUT2D eigenvalue weighted by Gasteiger charge is 2.21. The normalized spacial score (nSPS) is 10.9. The summed E-state index contributed by atoms with van der Waals surface area (Å²) in [5.41, 5.74) is 1.48. The van der Waals surface area contributed by atoms with E-state index in [0.717, 1.165) is 11.1 Å². The quantitative estimate of drug-likeness (QED) is 0.813. The standard InChI is InChI=1S/C20H24N2O4/c1-5-25-18(23)16-12-15(11-14-9-7-6-8-10-14)13-21-17(16)22-19(24)26-20(2,3)4/h6-10,12-13H,5,11H2,1-4H3,(H,21,22,24). The van der Waals surface area contributed by atoms with E-state index < -0.39 is 17.7 Å². The average Bonchev–Trinajstić information content (AvgIpc) is 2.55. The summed E-state index contributed by atoms with van der Waals surface area (Å²) >= 11 is 0. The molecule has 1 aromatic carbocycles. The number of aromatic nitrogens is 1. The van der Waals surface area contributed by atoms with E-state index in [1.807, 2.05) is 30.3 Å². The third-order valence-electron chi connectivity index (χ3n) is 3.31. The minimum Gasteiger partial charge on any atom is -0.462 e. The summed E-state index contributed by atoms with van der Waals surface area (Å²) < 4.78 is 10.3. The maximum Gasteiger partial charge on any atom is 0.413 e. The van der Waals surface area contributed by atoms with Crippen LogP contribution in [0.1, 0.15) is 49.2 Å². The lowest BCUT2D eigenvalue weighted by Crippen LogP contribution is -2.28. The van der Waals surface area contributed by atoms with E-state index in [4.69, 9.17) is 9.47 Å². The molecule has 0 unspecified atom stereocenters. The number of benzene rings is 1. The molecule has 1 amide bonds. The predicted octanol–water partition coefficient (Wildman–Crippen LogP) is 4.20. The van der Waals surface area contributed by atoms with E-state index in [1.165, 1.54) is 0 Å². The van der Waals surface area contributed by atoms with Crippen LogP contribution in [0.4, 0.5) is 10.6 Å². The van der Waals surface area contributed by atoms with Gasteiger partial charge >= 0.3 is 12.1 Å². The second-order valence-corrected chi connectivity index (χ2v) is 6.75. The van der Waals surface area contributed by atoms with Crippen LogP contribution in [0.5, 0.6) is 0 Å². The topological polar surface area (TPSA) is 77.5 Å². The highest BCUT2D eigenvalue weighted by atomic mass is 16.6. The van der Waals surface area contributed by atoms with Crippen molar-refractivity contribution in [3.8, 4) is 0 Å². The molecule has 1 heterocycles. The van der Waals surface area contributed by atoms with Crippen LogP contribution >= 0.6 is 0 Å². The molecule has 6 nitrogen and oxygen atoms in total. The van der Waals surface area contributed by atoms with E-state index in [1.54, 1.807) is 40.0 Å². The molecule has 0 bridgehead atoms. The number of amides is 1. The van der Waals surface area contributed by atoms with Crippen molar-refractivity contribution in [1.82, 2.24) is 4.98 Å². The summed E-state index contributed by atoms with van der Waals surface area (Å²) in [6, 6.07) is 11.5. The van der Waals surface area contributed by atoms with Gasteiger partial charge in [0.1, 0.15) is 17.0 Å². The Hall–Kier alpha value is -2.89. The molecule has 1 N–H and O–H groups in total. The first-order valence-electron chi connectivity index (χ1n) is 8.48. The zero-order chi connectivity index (χ0) is 19.2. The largest absolute Gasteiger partial charge is 0.462 e. The molecule has 0 saturated carbocycles. The molecule has 0 spiro atoms. The van der Waals surface area contributed by atoms with Gasteiger partial charge in [0, 0.05) is 6.20 Å². The van der Waals surface area contributed by atoms with Crippen LogP contribution in [0, 0.1) is 0 Å². The predicted molar refractivity (Wildman–Crippen MR) is 99.3 cm³/mol. The third-order valence-corrected chi connectivity index (χ3v) is 3.31. The number of hydrogen-bond acceptors (Lipinski definition) is 5. The molecule has 6 heteroatoms. The SMILES string of the molecule is CCOC(=O)c1cc(Cc2ccccc2)cnc1NC(=O)OC(C)(C)C. The number of pyridine rings is 1. The average molecular weight is 356 g/mol. The van der Waals surface area contributed by atoms with E-state index >= 15 is 0 Å². The second-order valence-electron chi connectivity index (χ2n) is 6.75. The van der Waals surface area contributed by atoms with Crippen molar-refractivity contribution < 1.29 is 19.1 Å². The second kappa shape index (κ2) is 8.47. The lowest BCUT2D eigenvalue weighted by molar-refractivity contribution is 0.0527. The fourth-order valence-corrected chi connectivity index (χ4v) is 2.30. The minimum atomic E-state index is -0.675. The molecule has 1 aromatic heterocycles. The van der Waals surface area contributed by atoms with E-state index in [9.17, 15) is 9.59 Å². The van der Waals surface area contributed by atoms with Crippen molar-refractivity contribution in [2.24, 2.45) is 0 Å². The summed E-state index contributed by atoms with van der Waals surface area (Å²) in [5, 5.41) is 2.52. The van der Waals surface area contributed by atoms with Crippen LogP contribution in [0.25, 0.3) is 0 Å². The number of anilines is 1. The summed E-state index contributed by atoms with van der Waals surface area (Å²) in [6.07, 6.45) is 1.57. The van der Waals surface area contributed by atoms with Crippen LogP contribution in [-0.4, -0.2) is 29.3 Å². The van der Waals surface area contributed by atoms with Crippen molar-refractivity contribution in [2.45, 2.75) is 39.7 Å². The van der Waals surface area contributed by atoms with Crippen molar-refractivity contribution >= 4 is 17.9 Å². The van der Waals surface area contributed by atoms with Gasteiger partial charge in [-0.15, -0.1) is 0 Å². The van der Waals surface area contributed by atoms with Gasteiger partial charge in [-0.05, 0) is 51.3 Å². The van der Waals surface area contributed by atoms with Gasteiger partial charge in [-0.25, -0.2) is 14.6 Å². The number of carbonyl (C=O) groups is 2. The Bertz CT molecular complexity index is 767. The molecular weight excluding hydrogens is 332 g/mol. The Morgan fingerprint density at radius 3 is 2.42 bits per heavy atom. The van der Waals surface area contributed by atoms with E-state index in [-0.39, 0.29) is 18.0 Å². The molecule has 26 heavy (non-hydrogen) atoms. The molecule has 2 rings (SSSR count). The molecule has 0 radical (unpaired) electrons. The van der Waals surface area contributed by atoms with Gasteiger partial charge in [-0.2, -0.15) is 0 Å². The highest BCUT2D eigenvalue weighted by molar-refractivity contribution is 5.98. The number of esters is 1. The summed E-state index contributed by atoms with van der Waals surface area (Å²) in [6.45, 7) is 7.23. The molecule has 0 aliphatic rings. The van der Waals surface area contributed by atoms with Crippen molar-refractivity contribution in [3.63, 3.8) is 0 Å². The van der Waals surface area contributed by atoms with Crippen LogP contribution in [0.2, 0.25) is 0 Å². The summed E-state index contributed by atoms with van der Waals surface area (Å²) in [4.78, 5) is 28.5. The molecule has 0 aliphatic carbocycles. The number of rotatable bonds is 5. The first-order valence-corrected chi connectivity index (χ1v) is 8.48. The van der Waals surface area contributed by atoms with Crippen LogP contribution in [-0.2, 0) is 15.9 Å². The maximum absolute atomic E-state index is 12.3. The van der Waals surface area contributed by atoms with E-state index in [2.05, 4.69) is 10.3 Å². The Balaban J connectivity index is 2.26. The monoisotopic (exact) mass is 356 g/mol. The number of ether oxygens (including phenoxy) is 2. The maximum atomic E-state index is 12.3. The first kappa shape index (κ1) is 19.4. The molecule has 0 fully saturated rings. The number of nitrogens with one attached hydrogen (secondary N) is 1. The van der Waals surface area contributed by atoms with Gasteiger partial charge in [0.05, 0.1) is 6.61 Å². The molecule has 0 saturated heterocycles. The van der Waals surface area contributed by atoms with Crippen LogP contribution < -0.4 is 5.32 Å². The van der Waals surface area contributed by atoms with Crippen LogP contribution in [0.15, 0.2) is 42.6 Å². The summed E-state index contributed by atoms with van der Waals surface area (Å²) in [7, 11) is 0. The Labute approximate surface area is 153 Å². The zero-order valence-corrected chi connectivity index (χ0v) is 15.5. The Morgan fingerprint density at radius 1 is 1.12 bits per heavy atom. The zero-order valence-electron chi connectivity index (χ0n) is 15.5. The number of nitrogens with zero attached hydrogens (tertiary/aromatic N) is 1. The van der Waals surface area contributed by atoms with Crippen molar-refractivity contribution in [1.29, 1.82) is 0 Å². The van der Waals surface area contributed by atoms with Crippen LogP contribution in [0.3, 0.4) is 0 Å². The van der Waals surface area contributed by atoms with Crippen molar-refractivity contribution in [2.75, 3.05) is 11.9 Å². The molecule has 2 aromatic rings. The lowest BCUT2D eigenvalue weighted by Gasteiger charge is -2.20. The van der Waals surface area contributed by atoms with Gasteiger partial charge in [-0.1, -0.05) is 30.3 Å². The van der Waals surface area contributed by atoms with Gasteiger partial charge in [0.2, 0.25) is 0 Å². The smallest absolute Gasteiger partial charge is 0.413 e. The summed E-state index contributed by atoms with van der Waals surface area (Å²) in [5.74, 6) is -0.421. The van der Waals surface area contributed by atoms with Crippen molar-refractivity contribution in [3.05, 3.63) is 59.3 Å². The number of hydrogen-bond donors (Lipinski definition) is 1. The molecule has 138 valence electrons. The fourth-order valence-electron chi connectivity index (χ4n) is 2.30. The molecular formula is C20H24N2O4. The first-order chi connectivity index (χ1) is 12.3. The Morgan fingerprint density at radius 2 is 1.81 bits per heavy atom. The highest BCUT2D eigenvalue weighted by Crippen LogP contribution is 2.19. The fraction of sp³-hybridized carbons (Fsp3) is 0.350. The lowest BCUT2D eigenvalue weighted by atomic mass is 10.0. The minimum absolute atomic E-state index is 0.120. The third kappa shape index (κ3) is 5.88. The Kier molecular flexibility index (Phi) is 6.33. The molecule has 0 atom stereocenters. The molecule has 0 aliphatic heterocycles. The van der Waals surface area contributed by atoms with Gasteiger partial charge < -0.3 is 9.47 Å². The van der Waals surface area contributed by atoms with Gasteiger partial charge in [0.25, 0.3) is 0 Å².